The maximum Gasteiger partial charge on any atom is 0.437 e. The second-order valence-corrected chi connectivity index (χ2v) is 1.36. The summed E-state index contributed by atoms with van der Waals surface area (Å²) in [7, 11) is 0. The van der Waals surface area contributed by atoms with Gasteiger partial charge in [-0.15, -0.1) is 3.94 Å². The van der Waals surface area contributed by atoms with Gasteiger partial charge in [0, 0.05) is 23.6 Å². The molecule has 0 aromatic heterocycles. The van der Waals surface area contributed by atoms with Crippen molar-refractivity contribution in [2.75, 3.05) is 0 Å². The van der Waals surface area contributed by atoms with Gasteiger partial charge in [-0.3, -0.25) is 0 Å². The minimum atomic E-state index is -1.38. The summed E-state index contributed by atoms with van der Waals surface area (Å²) in [4.78, 5) is 9.36. The van der Waals surface area contributed by atoms with E-state index in [0.29, 0.717) is 0 Å². The molecule has 0 spiro atoms. The van der Waals surface area contributed by atoms with E-state index >= 15 is 0 Å². The van der Waals surface area contributed by atoms with E-state index in [2.05, 4.69) is 23.6 Å². The van der Waals surface area contributed by atoms with Crippen LogP contribution in [0.25, 0.3) is 0 Å². The Bertz CT molecular complexity index is 66.7. The molecule has 1 amide bonds. The highest BCUT2D eigenvalue weighted by atomic mass is 35.5. The highest BCUT2D eigenvalue weighted by Crippen LogP contribution is 1.96. The fourth-order valence-electron chi connectivity index (χ4n) is 0. The molecule has 3 nitrogen and oxygen atoms in total. The molecule has 7 heavy (non-hydrogen) atoms. The molecular weight excluding hydrogens is 148 g/mol. The first-order valence-electron chi connectivity index (χ1n) is 0.989. The Hall–Kier alpha value is -0.220. The highest BCUT2D eigenvalue weighted by molar-refractivity contribution is 6.40. The summed E-state index contributed by atoms with van der Waals surface area (Å²) >= 11 is 9.22. The third-order valence-corrected chi connectivity index (χ3v) is 0.434. The fraction of sp³-hybridized carbons (Fsp3) is 0. The summed E-state index contributed by atoms with van der Waals surface area (Å²) in [6.45, 7) is 0. The third-order valence-electron chi connectivity index (χ3n) is 0.145. The monoisotopic (exact) mass is 148 g/mol. The minimum Gasteiger partial charge on any atom is -1.00 e. The molecule has 0 radical (unpaired) electrons. The zero-order valence-electron chi connectivity index (χ0n) is 2.94. The number of hydrogen-bond donors (Lipinski definition) is 1. The zero-order valence-corrected chi connectivity index (χ0v) is 4.45. The number of amides is 1. The van der Waals surface area contributed by atoms with Crippen LogP contribution >= 0.6 is 23.6 Å². The van der Waals surface area contributed by atoms with Gasteiger partial charge in [-0.1, -0.05) is 0 Å². The predicted octanol–water partition coefficient (Wildman–Crippen LogP) is -1.72. The lowest BCUT2D eigenvalue weighted by Crippen LogP contribution is -3.00. The van der Waals surface area contributed by atoms with E-state index in [1.807, 2.05) is 0 Å². The molecule has 44 valence electrons. The molecule has 0 aliphatic carbocycles. The predicted molar refractivity (Wildman–Crippen MR) is 21.6 cm³/mol. The van der Waals surface area contributed by atoms with Gasteiger partial charge in [0.25, 0.3) is 0 Å². The van der Waals surface area contributed by atoms with Crippen LogP contribution in [-0.2, 0) is 0 Å². The molecule has 0 bridgehead atoms. The van der Waals surface area contributed by atoms with Crippen molar-refractivity contribution in [3.05, 3.63) is 0 Å². The van der Waals surface area contributed by atoms with Crippen LogP contribution in [0.5, 0.6) is 0 Å². The molecule has 0 aliphatic rings. The Kier molecular flexibility index (Phi) is 5.60. The van der Waals surface area contributed by atoms with Crippen molar-refractivity contribution in [1.82, 2.24) is 3.94 Å². The summed E-state index contributed by atoms with van der Waals surface area (Å²) in [6.07, 6.45) is -1.38. The molecule has 0 saturated carbocycles. The van der Waals surface area contributed by atoms with Crippen LogP contribution in [0, 0.1) is 0 Å². The van der Waals surface area contributed by atoms with Crippen LogP contribution in [0.1, 0.15) is 0 Å². The topological polar surface area (TPSA) is 40.5 Å². The van der Waals surface area contributed by atoms with Gasteiger partial charge in [0.15, 0.2) is 0 Å². The van der Waals surface area contributed by atoms with Gasteiger partial charge < -0.3 is 9.81 Å². The first-order valence-corrected chi connectivity index (χ1v) is 1.67. The number of halogens is 3. The smallest absolute Gasteiger partial charge is 0.437 e. The van der Waals surface area contributed by atoms with E-state index in [1.54, 1.807) is 0 Å². The molecule has 0 aromatic rings. The summed E-state index contributed by atoms with van der Waals surface area (Å²) in [5.74, 6) is 0. The van der Waals surface area contributed by atoms with Crippen molar-refractivity contribution in [2.24, 2.45) is 0 Å². The quantitative estimate of drug-likeness (QED) is 0.416. The largest absolute Gasteiger partial charge is 1.00 e. The van der Waals surface area contributed by atoms with E-state index in [9.17, 15) is 4.79 Å². The summed E-state index contributed by atoms with van der Waals surface area (Å²) < 4.78 is 0.0278. The standard InChI is InChI=1S/CHCl2NO2.FH/c2-4(3)1(5)6;/h(H,5,6);1H/p-1. The zero-order chi connectivity index (χ0) is 5.15. The lowest BCUT2D eigenvalue weighted by molar-refractivity contribution is -0.00000769. The van der Waals surface area contributed by atoms with E-state index < -0.39 is 6.09 Å². The first kappa shape index (κ1) is 9.91. The molecule has 0 atom stereocenters. The van der Waals surface area contributed by atoms with Crippen LogP contribution < -0.4 is 4.70 Å². The van der Waals surface area contributed by atoms with Crippen molar-refractivity contribution in [2.45, 2.75) is 0 Å². The SMILES string of the molecule is O=C(O)N(Cl)Cl.[F-]. The van der Waals surface area contributed by atoms with Gasteiger partial charge in [0.1, 0.15) is 0 Å². The Labute approximate surface area is 49.0 Å². The minimum absolute atomic E-state index is 0. The van der Waals surface area contributed by atoms with Crippen molar-refractivity contribution < 1.29 is 14.6 Å². The molecule has 1 N–H and O–H groups in total. The van der Waals surface area contributed by atoms with Crippen LogP contribution in [0.2, 0.25) is 0 Å². The lowest BCUT2D eigenvalue weighted by Gasteiger charge is -1.90. The summed E-state index contributed by atoms with van der Waals surface area (Å²) in [6, 6.07) is 0. The summed E-state index contributed by atoms with van der Waals surface area (Å²) in [5, 5.41) is 7.65. The number of carbonyl (C=O) groups is 1. The number of rotatable bonds is 0. The highest BCUT2D eigenvalue weighted by Gasteiger charge is 1.99. The molecule has 0 saturated heterocycles. The maximum absolute atomic E-state index is 9.36. The van der Waals surface area contributed by atoms with E-state index in [4.69, 9.17) is 5.11 Å². The molecule has 0 rings (SSSR count). The Morgan fingerprint density at radius 1 is 1.57 bits per heavy atom. The van der Waals surface area contributed by atoms with Crippen LogP contribution in [0.15, 0.2) is 0 Å². The molecule has 6 heteroatoms. The van der Waals surface area contributed by atoms with Gasteiger partial charge in [0.2, 0.25) is 0 Å². The Morgan fingerprint density at radius 3 is 1.71 bits per heavy atom. The van der Waals surface area contributed by atoms with E-state index in [-0.39, 0.29) is 8.64 Å². The molecule has 0 aliphatic heterocycles. The average Bonchev–Trinajstić information content (AvgIpc) is 1.36. The van der Waals surface area contributed by atoms with Gasteiger partial charge in [-0.25, -0.2) is 4.79 Å². The maximum atomic E-state index is 9.36. The van der Waals surface area contributed by atoms with Gasteiger partial charge in [0.05, 0.1) is 0 Å². The van der Waals surface area contributed by atoms with E-state index in [0.717, 1.165) is 0 Å². The second kappa shape index (κ2) is 3.95. The molecular formula is CHCl2FNO2-. The van der Waals surface area contributed by atoms with Crippen molar-refractivity contribution >= 4 is 29.6 Å². The van der Waals surface area contributed by atoms with Crippen LogP contribution in [-0.4, -0.2) is 15.1 Å². The van der Waals surface area contributed by atoms with Gasteiger partial charge in [-0.2, -0.15) is 0 Å². The second-order valence-electron chi connectivity index (χ2n) is 0.515. The third kappa shape index (κ3) is 5.78. The lowest BCUT2D eigenvalue weighted by atomic mass is 11.3. The van der Waals surface area contributed by atoms with Crippen LogP contribution in [0.4, 0.5) is 4.79 Å². The number of carboxylic acid groups (broad SMARTS) is 1. The van der Waals surface area contributed by atoms with E-state index in [1.165, 1.54) is 0 Å². The van der Waals surface area contributed by atoms with Gasteiger partial charge >= 0.3 is 6.09 Å². The fourth-order valence-corrected chi connectivity index (χ4v) is 0. The van der Waals surface area contributed by atoms with Crippen molar-refractivity contribution in [1.29, 1.82) is 0 Å². The Morgan fingerprint density at radius 2 is 1.71 bits per heavy atom. The normalized spacial score (nSPS) is 6.57. The first-order chi connectivity index (χ1) is 2.64. The Balaban J connectivity index is 0. The molecule has 0 unspecified atom stereocenters. The summed E-state index contributed by atoms with van der Waals surface area (Å²) in [5.41, 5.74) is 0. The van der Waals surface area contributed by atoms with Gasteiger partial charge in [-0.05, 0) is 0 Å². The number of hydrogen-bond acceptors (Lipinski definition) is 1. The number of nitrogens with zero attached hydrogens (tertiary/aromatic N) is 1. The van der Waals surface area contributed by atoms with Crippen molar-refractivity contribution in [3.63, 3.8) is 0 Å². The van der Waals surface area contributed by atoms with Crippen molar-refractivity contribution in [3.8, 4) is 0 Å². The van der Waals surface area contributed by atoms with Crippen LogP contribution in [0.3, 0.4) is 0 Å². The average molecular weight is 149 g/mol. The molecule has 0 fully saturated rings. The molecule has 0 aromatic carbocycles. The molecule has 0 heterocycles.